The van der Waals surface area contributed by atoms with Gasteiger partial charge in [0.1, 0.15) is 5.75 Å². The van der Waals surface area contributed by atoms with Gasteiger partial charge in [0.05, 0.1) is 0 Å². The van der Waals surface area contributed by atoms with Crippen molar-refractivity contribution in [3.63, 3.8) is 0 Å². The Morgan fingerprint density at radius 2 is 1.72 bits per heavy atom. The number of hydrogen-bond donors (Lipinski definition) is 4. The lowest BCUT2D eigenvalue weighted by atomic mass is 9.91. The predicted molar refractivity (Wildman–Crippen MR) is 122 cm³/mol. The van der Waals surface area contributed by atoms with Gasteiger partial charge in [0, 0.05) is 36.1 Å². The average Bonchev–Trinajstić information content (AvgIpc) is 2.69. The van der Waals surface area contributed by atoms with Crippen molar-refractivity contribution >= 4 is 29.4 Å². The van der Waals surface area contributed by atoms with Crippen LogP contribution in [0.25, 0.3) is 0 Å². The number of carbonyl (C=O) groups excluding carboxylic acids is 1. The molecular formula is C22H34ClN3O6. The number of phenols is 1. The lowest BCUT2D eigenvalue weighted by Crippen LogP contribution is -2.44. The van der Waals surface area contributed by atoms with E-state index < -0.39 is 11.9 Å². The number of aliphatic carboxylic acids is 2. The molecule has 0 saturated carbocycles. The number of nitrogens with one attached hydrogen (secondary N) is 1. The second-order valence-corrected chi connectivity index (χ2v) is 9.49. The Morgan fingerprint density at radius 3 is 2.22 bits per heavy atom. The van der Waals surface area contributed by atoms with E-state index >= 15 is 0 Å². The number of halogens is 1. The molecule has 2 rings (SSSR count). The van der Waals surface area contributed by atoms with Crippen molar-refractivity contribution in [2.45, 2.75) is 33.2 Å². The number of carboxylic acid groups (broad SMARTS) is 2. The topological polar surface area (TPSA) is 130 Å². The van der Waals surface area contributed by atoms with Crippen LogP contribution >= 0.6 is 11.6 Å². The Balaban J connectivity index is 0.000000751. The van der Waals surface area contributed by atoms with Gasteiger partial charge < -0.3 is 25.5 Å². The van der Waals surface area contributed by atoms with Gasteiger partial charge in [-0.25, -0.2) is 9.59 Å². The van der Waals surface area contributed by atoms with Crippen LogP contribution in [-0.4, -0.2) is 83.2 Å². The number of phenolic OH excluding ortho intramolecular Hbond substituents is 1. The molecule has 1 aliphatic heterocycles. The fourth-order valence-electron chi connectivity index (χ4n) is 3.66. The van der Waals surface area contributed by atoms with E-state index in [-0.39, 0.29) is 23.0 Å². The monoisotopic (exact) mass is 471 g/mol. The van der Waals surface area contributed by atoms with Gasteiger partial charge in [-0.15, -0.1) is 0 Å². The van der Waals surface area contributed by atoms with Crippen LogP contribution in [0.4, 0.5) is 0 Å². The molecule has 0 radical (unpaired) electrons. The number of carbonyl (C=O) groups is 3. The lowest BCUT2D eigenvalue weighted by Gasteiger charge is -2.33. The fourth-order valence-corrected chi connectivity index (χ4v) is 3.85. The Kier molecular flexibility index (Phi) is 10.9. The van der Waals surface area contributed by atoms with Crippen molar-refractivity contribution in [2.75, 3.05) is 40.3 Å². The smallest absolute Gasteiger partial charge is 0.414 e. The second kappa shape index (κ2) is 12.6. The van der Waals surface area contributed by atoms with E-state index in [0.29, 0.717) is 18.1 Å². The van der Waals surface area contributed by atoms with Crippen LogP contribution in [0.15, 0.2) is 18.2 Å². The molecule has 1 heterocycles. The molecule has 1 amide bonds. The summed E-state index contributed by atoms with van der Waals surface area (Å²) < 4.78 is 0. The van der Waals surface area contributed by atoms with Gasteiger partial charge in [-0.1, -0.05) is 25.4 Å². The summed E-state index contributed by atoms with van der Waals surface area (Å²) in [5.74, 6) is -3.13. The minimum Gasteiger partial charge on any atom is -0.508 e. The largest absolute Gasteiger partial charge is 0.508 e. The molecule has 9 nitrogen and oxygen atoms in total. The first kappa shape index (κ1) is 27.7. The second-order valence-electron chi connectivity index (χ2n) is 9.05. The zero-order valence-corrected chi connectivity index (χ0v) is 19.9. The molecule has 1 aromatic carbocycles. The third kappa shape index (κ3) is 10.3. The molecule has 32 heavy (non-hydrogen) atoms. The first-order valence-corrected chi connectivity index (χ1v) is 10.8. The number of rotatable bonds is 7. The van der Waals surface area contributed by atoms with Crippen LogP contribution in [0.5, 0.6) is 5.75 Å². The number of aromatic hydroxyl groups is 1. The summed E-state index contributed by atoms with van der Waals surface area (Å²) in [6.07, 6.45) is 1.70. The highest BCUT2D eigenvalue weighted by Crippen LogP contribution is 2.26. The van der Waals surface area contributed by atoms with Gasteiger partial charge >= 0.3 is 11.9 Å². The molecule has 1 saturated heterocycles. The summed E-state index contributed by atoms with van der Waals surface area (Å²) in [5, 5.41) is 28.5. The highest BCUT2D eigenvalue weighted by Gasteiger charge is 2.27. The number of nitrogens with zero attached hydrogens (tertiary/aromatic N) is 2. The van der Waals surface area contributed by atoms with Crippen LogP contribution in [-0.2, 0) is 20.9 Å². The summed E-state index contributed by atoms with van der Waals surface area (Å²) >= 11 is 6.02. The van der Waals surface area contributed by atoms with E-state index in [9.17, 15) is 9.90 Å². The minimum atomic E-state index is -1.82. The molecule has 10 heteroatoms. The third-order valence-corrected chi connectivity index (χ3v) is 5.30. The van der Waals surface area contributed by atoms with Crippen LogP contribution in [0.1, 0.15) is 32.3 Å². The standard InChI is InChI=1S/C20H32ClN3O2.C2H2O4/c1-20(2,14-23(3)4)13-22-19(26)15-7-9-24(10-8-15)12-16-11-17(21)5-6-18(16)25;3-1(4)2(5)6/h5-6,11,15,25H,7-10,12-14H2,1-4H3,(H,22,26);(H,3,4)(H,5,6). The molecule has 0 aliphatic carbocycles. The van der Waals surface area contributed by atoms with Crippen LogP contribution in [0.2, 0.25) is 5.02 Å². The van der Waals surface area contributed by atoms with Crippen molar-refractivity contribution in [2.24, 2.45) is 11.3 Å². The quantitative estimate of drug-likeness (QED) is 0.445. The summed E-state index contributed by atoms with van der Waals surface area (Å²) in [5.41, 5.74) is 0.898. The van der Waals surface area contributed by atoms with Crippen molar-refractivity contribution in [1.29, 1.82) is 0 Å². The highest BCUT2D eigenvalue weighted by atomic mass is 35.5. The molecule has 180 valence electrons. The van der Waals surface area contributed by atoms with Crippen LogP contribution in [0, 0.1) is 11.3 Å². The van der Waals surface area contributed by atoms with E-state index in [0.717, 1.165) is 38.0 Å². The minimum absolute atomic E-state index is 0.0595. The number of amides is 1. The van der Waals surface area contributed by atoms with Crippen molar-refractivity contribution in [3.8, 4) is 5.75 Å². The Labute approximate surface area is 194 Å². The number of likely N-dealkylation sites (tertiary alicyclic amines) is 1. The van der Waals surface area contributed by atoms with Crippen molar-refractivity contribution in [3.05, 3.63) is 28.8 Å². The first-order chi connectivity index (χ1) is 14.8. The normalized spacial score (nSPS) is 15.1. The zero-order valence-electron chi connectivity index (χ0n) is 19.1. The van der Waals surface area contributed by atoms with E-state index in [1.165, 1.54) is 0 Å². The van der Waals surface area contributed by atoms with E-state index in [2.05, 4.69) is 43.1 Å². The Hall–Kier alpha value is -2.36. The maximum atomic E-state index is 12.5. The van der Waals surface area contributed by atoms with Gasteiger partial charge in [-0.05, 0) is 63.6 Å². The third-order valence-electron chi connectivity index (χ3n) is 5.06. The first-order valence-electron chi connectivity index (χ1n) is 10.4. The van der Waals surface area contributed by atoms with Crippen molar-refractivity contribution in [1.82, 2.24) is 15.1 Å². The predicted octanol–water partition coefficient (Wildman–Crippen LogP) is 2.12. The molecular weight excluding hydrogens is 438 g/mol. The van der Waals surface area contributed by atoms with Gasteiger partial charge in [-0.3, -0.25) is 9.69 Å². The lowest BCUT2D eigenvalue weighted by molar-refractivity contribution is -0.159. The SMILES string of the molecule is CN(C)CC(C)(C)CNC(=O)C1CCN(Cc2cc(Cl)ccc2O)CC1.O=C(O)C(=O)O. The number of benzene rings is 1. The highest BCUT2D eigenvalue weighted by molar-refractivity contribution is 6.30. The molecule has 0 unspecified atom stereocenters. The summed E-state index contributed by atoms with van der Waals surface area (Å²) in [6.45, 7) is 8.35. The van der Waals surface area contributed by atoms with Gasteiger partial charge in [0.15, 0.2) is 0 Å². The van der Waals surface area contributed by atoms with Gasteiger partial charge in [0.25, 0.3) is 0 Å². The van der Waals surface area contributed by atoms with Gasteiger partial charge in [-0.2, -0.15) is 0 Å². The van der Waals surface area contributed by atoms with Crippen LogP contribution < -0.4 is 5.32 Å². The Bertz CT molecular complexity index is 780. The molecule has 0 aromatic heterocycles. The number of carboxylic acids is 2. The summed E-state index contributed by atoms with van der Waals surface area (Å²) in [6, 6.07) is 5.13. The molecule has 0 bridgehead atoms. The molecule has 0 atom stereocenters. The summed E-state index contributed by atoms with van der Waals surface area (Å²) in [7, 11) is 4.11. The maximum absolute atomic E-state index is 12.5. The number of piperidine rings is 1. The van der Waals surface area contributed by atoms with Crippen LogP contribution in [0.3, 0.4) is 0 Å². The summed E-state index contributed by atoms with van der Waals surface area (Å²) in [4.78, 5) is 35.1. The van der Waals surface area contributed by atoms with Gasteiger partial charge in [0.2, 0.25) is 5.91 Å². The maximum Gasteiger partial charge on any atom is 0.414 e. The molecule has 1 fully saturated rings. The number of hydrogen-bond acceptors (Lipinski definition) is 6. The molecule has 4 N–H and O–H groups in total. The molecule has 1 aromatic rings. The zero-order chi connectivity index (χ0) is 24.5. The molecule has 1 aliphatic rings. The average molecular weight is 472 g/mol. The molecule has 0 spiro atoms. The van der Waals surface area contributed by atoms with E-state index in [1.54, 1.807) is 12.1 Å². The Morgan fingerprint density at radius 1 is 1.16 bits per heavy atom. The van der Waals surface area contributed by atoms with E-state index in [4.69, 9.17) is 31.4 Å². The fraction of sp³-hybridized carbons (Fsp3) is 0.591. The van der Waals surface area contributed by atoms with Crippen molar-refractivity contribution < 1.29 is 29.7 Å². The van der Waals surface area contributed by atoms with E-state index in [1.807, 2.05) is 6.07 Å².